The highest BCUT2D eigenvalue weighted by atomic mass is 32.2. The summed E-state index contributed by atoms with van der Waals surface area (Å²) in [5.41, 5.74) is 0. The first kappa shape index (κ1) is 13.8. The summed E-state index contributed by atoms with van der Waals surface area (Å²) in [6.45, 7) is 11.4. The third-order valence-electron chi connectivity index (χ3n) is 1.46. The fourth-order valence-electron chi connectivity index (χ4n) is 0.944. The van der Waals surface area contributed by atoms with Gasteiger partial charge in [0.1, 0.15) is 0 Å². The Morgan fingerprint density at radius 2 is 1.27 bits per heavy atom. The van der Waals surface area contributed by atoms with Crippen LogP contribution >= 0.6 is 11.8 Å². The molecule has 0 fully saturated rings. The van der Waals surface area contributed by atoms with Gasteiger partial charge in [-0.3, -0.25) is 0 Å². The summed E-state index contributed by atoms with van der Waals surface area (Å²) in [7, 11) is 0. The summed E-state index contributed by atoms with van der Waals surface area (Å²) in [6.07, 6.45) is 15.7. The second-order valence-electron chi connectivity index (χ2n) is 2.71. The average Bonchev–Trinajstić information content (AvgIpc) is 2.19. The van der Waals surface area contributed by atoms with E-state index < -0.39 is 0 Å². The van der Waals surface area contributed by atoms with Gasteiger partial charge in [0.05, 0.1) is 0 Å². The number of hydrogen-bond donors (Lipinski definition) is 0. The minimum absolute atomic E-state index is 1.17. The van der Waals surface area contributed by atoms with Crippen molar-refractivity contribution in [1.82, 2.24) is 0 Å². The number of hydrogen-bond acceptors (Lipinski definition) is 1. The van der Waals surface area contributed by atoms with Crippen LogP contribution in [-0.4, -0.2) is 0 Å². The van der Waals surface area contributed by atoms with Crippen molar-refractivity contribution in [2.24, 2.45) is 0 Å². The van der Waals surface area contributed by atoms with Crippen LogP contribution in [0.5, 0.6) is 0 Å². The molecule has 0 atom stereocenters. The third-order valence-corrected chi connectivity index (χ3v) is 2.48. The van der Waals surface area contributed by atoms with Crippen molar-refractivity contribution in [3.8, 4) is 0 Å². The molecule has 0 radical (unpaired) electrons. The van der Waals surface area contributed by atoms with Crippen LogP contribution in [0.3, 0.4) is 0 Å². The van der Waals surface area contributed by atoms with Crippen LogP contribution in [0.4, 0.5) is 0 Å². The summed E-state index contributed by atoms with van der Waals surface area (Å²) in [5, 5.41) is 0. The van der Waals surface area contributed by atoms with E-state index in [1.54, 1.807) is 23.9 Å². The normalized spacial score (nSPS) is 13.7. The van der Waals surface area contributed by atoms with Crippen molar-refractivity contribution in [3.05, 3.63) is 71.6 Å². The SMILES string of the molecule is C=C/C=C(\C=C/C)SC(/C=C\C)=C/C=C. The van der Waals surface area contributed by atoms with Crippen LogP contribution in [0.15, 0.2) is 71.6 Å². The van der Waals surface area contributed by atoms with Gasteiger partial charge in [-0.25, -0.2) is 0 Å². The molecule has 0 aromatic heterocycles. The van der Waals surface area contributed by atoms with Gasteiger partial charge in [-0.15, -0.1) is 0 Å². The zero-order chi connectivity index (χ0) is 11.5. The first-order valence-electron chi connectivity index (χ1n) is 4.87. The van der Waals surface area contributed by atoms with Gasteiger partial charge in [0, 0.05) is 9.81 Å². The monoisotopic (exact) mass is 218 g/mol. The predicted molar refractivity (Wildman–Crippen MR) is 73.8 cm³/mol. The molecule has 0 unspecified atom stereocenters. The van der Waals surface area contributed by atoms with Gasteiger partial charge < -0.3 is 0 Å². The maximum atomic E-state index is 3.70. The second kappa shape index (κ2) is 9.35. The van der Waals surface area contributed by atoms with E-state index >= 15 is 0 Å². The van der Waals surface area contributed by atoms with Crippen LogP contribution in [-0.2, 0) is 0 Å². The number of thioether (sulfide) groups is 1. The molecule has 0 aliphatic carbocycles. The second-order valence-corrected chi connectivity index (χ2v) is 3.86. The Morgan fingerprint density at radius 1 is 0.867 bits per heavy atom. The van der Waals surface area contributed by atoms with E-state index in [1.807, 2.05) is 38.2 Å². The van der Waals surface area contributed by atoms with E-state index in [0.717, 1.165) is 0 Å². The van der Waals surface area contributed by atoms with Crippen LogP contribution in [0.25, 0.3) is 0 Å². The molecule has 80 valence electrons. The molecule has 0 aliphatic rings. The Morgan fingerprint density at radius 3 is 1.53 bits per heavy atom. The van der Waals surface area contributed by atoms with Crippen LogP contribution in [0, 0.1) is 0 Å². The van der Waals surface area contributed by atoms with Crippen molar-refractivity contribution in [3.63, 3.8) is 0 Å². The Labute approximate surface area is 97.5 Å². The van der Waals surface area contributed by atoms with Crippen LogP contribution in [0.1, 0.15) is 13.8 Å². The lowest BCUT2D eigenvalue weighted by Gasteiger charge is -2.01. The molecule has 0 saturated heterocycles. The molecule has 0 rings (SSSR count). The zero-order valence-corrected chi connectivity index (χ0v) is 10.3. The van der Waals surface area contributed by atoms with Gasteiger partial charge >= 0.3 is 0 Å². The van der Waals surface area contributed by atoms with Gasteiger partial charge in [-0.2, -0.15) is 0 Å². The van der Waals surface area contributed by atoms with Gasteiger partial charge in [-0.05, 0) is 26.0 Å². The molecule has 0 aromatic rings. The third kappa shape index (κ3) is 6.81. The summed E-state index contributed by atoms with van der Waals surface area (Å²) in [4.78, 5) is 2.33. The summed E-state index contributed by atoms with van der Waals surface area (Å²) in [5.74, 6) is 0. The van der Waals surface area contributed by atoms with Crippen molar-refractivity contribution in [1.29, 1.82) is 0 Å². The molecule has 0 heterocycles. The zero-order valence-electron chi connectivity index (χ0n) is 9.44. The largest absolute Gasteiger partial charge is 0.0990 e. The minimum Gasteiger partial charge on any atom is -0.0990 e. The molecule has 0 aromatic carbocycles. The maximum absolute atomic E-state index is 3.70. The van der Waals surface area contributed by atoms with E-state index in [0.29, 0.717) is 0 Å². The Bertz CT molecular complexity index is 282. The number of allylic oxidation sites excluding steroid dienone is 8. The van der Waals surface area contributed by atoms with Gasteiger partial charge in [-0.1, -0.05) is 61.4 Å². The quantitative estimate of drug-likeness (QED) is 0.565. The van der Waals surface area contributed by atoms with E-state index in [9.17, 15) is 0 Å². The van der Waals surface area contributed by atoms with E-state index in [2.05, 4.69) is 25.3 Å². The predicted octanol–water partition coefficient (Wildman–Crippen LogP) is 5.01. The summed E-state index contributed by atoms with van der Waals surface area (Å²) < 4.78 is 0. The van der Waals surface area contributed by atoms with Gasteiger partial charge in [0.2, 0.25) is 0 Å². The summed E-state index contributed by atoms with van der Waals surface area (Å²) in [6, 6.07) is 0. The molecule has 0 N–H and O–H groups in total. The lowest BCUT2D eigenvalue weighted by molar-refractivity contribution is 1.70. The lowest BCUT2D eigenvalue weighted by Crippen LogP contribution is -1.73. The average molecular weight is 218 g/mol. The molecule has 0 saturated carbocycles. The first-order chi connectivity index (χ1) is 7.28. The van der Waals surface area contributed by atoms with E-state index in [1.165, 1.54) is 9.81 Å². The lowest BCUT2D eigenvalue weighted by atomic mass is 10.4. The topological polar surface area (TPSA) is 0 Å². The molecule has 0 amide bonds. The molecule has 0 aliphatic heterocycles. The van der Waals surface area contributed by atoms with Crippen molar-refractivity contribution >= 4 is 11.8 Å². The molecular formula is C14H18S. The summed E-state index contributed by atoms with van der Waals surface area (Å²) >= 11 is 1.69. The van der Waals surface area contributed by atoms with E-state index in [-0.39, 0.29) is 0 Å². The highest BCUT2D eigenvalue weighted by Gasteiger charge is 1.95. The molecule has 0 nitrogen and oxygen atoms in total. The Hall–Kier alpha value is -1.21. The van der Waals surface area contributed by atoms with Gasteiger partial charge in [0.15, 0.2) is 0 Å². The highest BCUT2D eigenvalue weighted by molar-refractivity contribution is 8.07. The van der Waals surface area contributed by atoms with Crippen LogP contribution in [0.2, 0.25) is 0 Å². The highest BCUT2D eigenvalue weighted by Crippen LogP contribution is 2.27. The van der Waals surface area contributed by atoms with Crippen molar-refractivity contribution in [2.75, 3.05) is 0 Å². The molecular weight excluding hydrogens is 200 g/mol. The Kier molecular flexibility index (Phi) is 8.59. The van der Waals surface area contributed by atoms with Crippen molar-refractivity contribution < 1.29 is 0 Å². The fourth-order valence-corrected chi connectivity index (χ4v) is 1.95. The minimum atomic E-state index is 1.17. The van der Waals surface area contributed by atoms with Gasteiger partial charge in [0.25, 0.3) is 0 Å². The molecule has 15 heavy (non-hydrogen) atoms. The Balaban J connectivity index is 4.76. The van der Waals surface area contributed by atoms with Crippen LogP contribution < -0.4 is 0 Å². The fraction of sp³-hybridized carbons (Fsp3) is 0.143. The number of rotatable bonds is 6. The standard InChI is InChI=1S/C14H18S/c1-5-9-13(10-6-2)15-14(11-7-3)12-8-4/h5-12H,1,3H2,2,4H3/b10-6-,12-8-,13-9+,14-11+. The molecule has 0 bridgehead atoms. The maximum Gasteiger partial charge on any atom is 0.0118 e. The molecule has 1 heteroatoms. The molecule has 0 spiro atoms. The first-order valence-corrected chi connectivity index (χ1v) is 5.68. The van der Waals surface area contributed by atoms with E-state index in [4.69, 9.17) is 0 Å². The smallest absolute Gasteiger partial charge is 0.0118 e. The van der Waals surface area contributed by atoms with Crippen molar-refractivity contribution in [2.45, 2.75) is 13.8 Å².